The highest BCUT2D eigenvalue weighted by Crippen LogP contribution is 2.61. The molecule has 0 aliphatic heterocycles. The van der Waals surface area contributed by atoms with Crippen molar-refractivity contribution >= 4 is 29.1 Å². The van der Waals surface area contributed by atoms with Crippen molar-refractivity contribution in [2.24, 2.45) is 0 Å². The quantitative estimate of drug-likeness (QED) is 0.523. The molecule has 8 heavy (non-hydrogen) atoms. The summed E-state index contributed by atoms with van der Waals surface area (Å²) >= 11 is 11.4. The Bertz CT molecular complexity index is 68.8. The van der Waals surface area contributed by atoms with Crippen molar-refractivity contribution in [2.45, 2.75) is 25.7 Å². The van der Waals surface area contributed by atoms with Crippen LogP contribution in [0.15, 0.2) is 0 Å². The van der Waals surface area contributed by atoms with Gasteiger partial charge in [-0.1, -0.05) is 35.3 Å². The van der Waals surface area contributed by atoms with E-state index in [-0.39, 0.29) is 0 Å². The molecule has 1 rings (SSSR count). The molecule has 47 valence electrons. The van der Waals surface area contributed by atoms with Crippen LogP contribution in [0, 0.1) is 5.66 Å². The van der Waals surface area contributed by atoms with Crippen LogP contribution in [0.25, 0.3) is 0 Å². The largest absolute Gasteiger partial charge is 0.0927 e. The van der Waals surface area contributed by atoms with Crippen LogP contribution < -0.4 is 0 Å². The minimum Gasteiger partial charge on any atom is -0.0775 e. The Hall–Kier alpha value is 1.01. The highest BCUT2D eigenvalue weighted by atomic mass is 35.9. The molecule has 0 aromatic carbocycles. The van der Waals surface area contributed by atoms with Gasteiger partial charge < -0.3 is 0 Å². The Morgan fingerprint density at radius 1 is 1.12 bits per heavy atom. The van der Waals surface area contributed by atoms with E-state index in [1.807, 2.05) is 0 Å². The van der Waals surface area contributed by atoms with E-state index in [2.05, 4.69) is 0 Å². The minimum absolute atomic E-state index is 0.740. The number of hydrogen-bond donors (Lipinski definition) is 0. The van der Waals surface area contributed by atoms with E-state index in [0.29, 0.717) is 0 Å². The van der Waals surface area contributed by atoms with Crippen LogP contribution in [0.5, 0.6) is 0 Å². The first-order valence-corrected chi connectivity index (χ1v) is 5.92. The molecule has 0 spiro atoms. The lowest BCUT2D eigenvalue weighted by Gasteiger charge is -2.05. The van der Waals surface area contributed by atoms with Crippen LogP contribution in [0.3, 0.4) is 0 Å². The minimum atomic E-state index is -0.740. The molecule has 0 aromatic heterocycles. The van der Waals surface area contributed by atoms with Crippen molar-refractivity contribution in [1.29, 1.82) is 0 Å². The van der Waals surface area contributed by atoms with Gasteiger partial charge in [0.2, 0.25) is 0 Å². The van der Waals surface area contributed by atoms with Crippen molar-refractivity contribution in [3.8, 4) is 0 Å². The molecule has 1 aliphatic rings. The van der Waals surface area contributed by atoms with Gasteiger partial charge in [0.25, 0.3) is 0 Å². The van der Waals surface area contributed by atoms with E-state index < -0.39 is 6.63 Å². The van der Waals surface area contributed by atoms with Crippen LogP contribution in [-0.4, -0.2) is 0 Å². The molecule has 3 heteroatoms. The van der Waals surface area contributed by atoms with Crippen LogP contribution in [0.2, 0.25) is 0 Å². The SMILES string of the molecule is ClP(Cl)[C]1CCCC1. The van der Waals surface area contributed by atoms with Gasteiger partial charge in [0.05, 0.1) is 6.63 Å². The van der Waals surface area contributed by atoms with Gasteiger partial charge in [-0.05, 0) is 12.8 Å². The lowest BCUT2D eigenvalue weighted by molar-refractivity contribution is 0.886. The van der Waals surface area contributed by atoms with Crippen molar-refractivity contribution in [2.75, 3.05) is 0 Å². The van der Waals surface area contributed by atoms with Gasteiger partial charge >= 0.3 is 0 Å². The summed E-state index contributed by atoms with van der Waals surface area (Å²) in [7, 11) is 0. The van der Waals surface area contributed by atoms with Gasteiger partial charge in [-0.15, -0.1) is 0 Å². The molecule has 0 N–H and O–H groups in total. The topological polar surface area (TPSA) is 0 Å². The predicted molar refractivity (Wildman–Crippen MR) is 40.3 cm³/mol. The summed E-state index contributed by atoms with van der Waals surface area (Å²) in [6.07, 6.45) is 4.96. The maximum Gasteiger partial charge on any atom is 0.0927 e. The number of halogens is 2. The fourth-order valence-electron chi connectivity index (χ4n) is 0.952. The van der Waals surface area contributed by atoms with Crippen LogP contribution in [0.1, 0.15) is 25.7 Å². The highest BCUT2D eigenvalue weighted by Gasteiger charge is 2.21. The Labute approximate surface area is 60.9 Å². The second-order valence-corrected chi connectivity index (χ2v) is 5.65. The van der Waals surface area contributed by atoms with E-state index in [1.165, 1.54) is 31.3 Å². The molecule has 0 saturated heterocycles. The fraction of sp³-hybridized carbons (Fsp3) is 0.800. The van der Waals surface area contributed by atoms with Gasteiger partial charge in [-0.2, -0.15) is 0 Å². The monoisotopic (exact) mass is 169 g/mol. The molecule has 0 unspecified atom stereocenters. The first-order chi connectivity index (χ1) is 3.80. The maximum absolute atomic E-state index is 5.68. The first-order valence-electron chi connectivity index (χ1n) is 2.77. The second kappa shape index (κ2) is 3.25. The lowest BCUT2D eigenvalue weighted by Crippen LogP contribution is -1.76. The van der Waals surface area contributed by atoms with E-state index in [4.69, 9.17) is 22.5 Å². The normalized spacial score (nSPS) is 22.9. The summed E-state index contributed by atoms with van der Waals surface area (Å²) in [6.45, 7) is -0.740. The second-order valence-electron chi connectivity index (χ2n) is 2.01. The lowest BCUT2D eigenvalue weighted by atomic mass is 10.4. The Balaban J connectivity index is 2.24. The van der Waals surface area contributed by atoms with E-state index >= 15 is 0 Å². The van der Waals surface area contributed by atoms with Gasteiger partial charge in [0.15, 0.2) is 0 Å². The highest BCUT2D eigenvalue weighted by molar-refractivity contribution is 8.05. The standard InChI is InChI=1S/C5H8Cl2P/c6-8(7)5-3-1-2-4-5/h1-4H2. The maximum atomic E-state index is 5.68. The molecule has 0 bridgehead atoms. The number of rotatable bonds is 1. The van der Waals surface area contributed by atoms with Gasteiger partial charge in [-0.25, -0.2) is 0 Å². The van der Waals surface area contributed by atoms with Gasteiger partial charge in [0.1, 0.15) is 0 Å². The summed E-state index contributed by atoms with van der Waals surface area (Å²) in [4.78, 5) is 0. The smallest absolute Gasteiger partial charge is 0.0775 e. The summed E-state index contributed by atoms with van der Waals surface area (Å²) < 4.78 is 0. The molecular formula is C5H8Cl2P. The average molecular weight is 170 g/mol. The third kappa shape index (κ3) is 1.76. The third-order valence-corrected chi connectivity index (χ3v) is 3.78. The zero-order chi connectivity index (χ0) is 5.98. The summed E-state index contributed by atoms with van der Waals surface area (Å²) in [5, 5.41) is 0. The van der Waals surface area contributed by atoms with Crippen molar-refractivity contribution in [1.82, 2.24) is 0 Å². The zero-order valence-electron chi connectivity index (χ0n) is 4.53. The van der Waals surface area contributed by atoms with Crippen LogP contribution >= 0.6 is 29.1 Å². The molecule has 1 aliphatic carbocycles. The van der Waals surface area contributed by atoms with Gasteiger partial charge in [0, 0.05) is 5.66 Å². The molecular weight excluding hydrogens is 162 g/mol. The molecule has 1 fully saturated rings. The first kappa shape index (κ1) is 7.12. The Morgan fingerprint density at radius 2 is 1.62 bits per heavy atom. The fourth-order valence-corrected chi connectivity index (χ4v) is 2.62. The predicted octanol–water partition coefficient (Wildman–Crippen LogP) is 3.88. The van der Waals surface area contributed by atoms with E-state index in [1.54, 1.807) is 0 Å². The Morgan fingerprint density at radius 3 is 1.88 bits per heavy atom. The molecule has 0 aromatic rings. The molecule has 0 amide bonds. The third-order valence-electron chi connectivity index (χ3n) is 1.42. The van der Waals surface area contributed by atoms with Crippen LogP contribution in [0.4, 0.5) is 0 Å². The molecule has 0 heterocycles. The molecule has 1 saturated carbocycles. The summed E-state index contributed by atoms with van der Waals surface area (Å²) in [6, 6.07) is 0. The zero-order valence-corrected chi connectivity index (χ0v) is 6.94. The van der Waals surface area contributed by atoms with Gasteiger partial charge in [-0.3, -0.25) is 0 Å². The summed E-state index contributed by atoms with van der Waals surface area (Å²) in [5.74, 6) is 0. The average Bonchev–Trinajstić information content (AvgIpc) is 2.12. The molecule has 0 nitrogen and oxygen atoms in total. The molecule has 0 atom stereocenters. The van der Waals surface area contributed by atoms with Crippen LogP contribution in [-0.2, 0) is 0 Å². The van der Waals surface area contributed by atoms with Crippen molar-refractivity contribution < 1.29 is 0 Å². The Kier molecular flexibility index (Phi) is 2.89. The number of hydrogen-bond acceptors (Lipinski definition) is 0. The summed E-state index contributed by atoms with van der Waals surface area (Å²) in [5.41, 5.74) is 1.39. The van der Waals surface area contributed by atoms with E-state index in [9.17, 15) is 0 Å². The molecule has 1 radical (unpaired) electrons. The van der Waals surface area contributed by atoms with Crippen molar-refractivity contribution in [3.63, 3.8) is 0 Å². The van der Waals surface area contributed by atoms with Crippen molar-refractivity contribution in [3.05, 3.63) is 5.66 Å². The van der Waals surface area contributed by atoms with E-state index in [0.717, 1.165) is 0 Å².